The second-order valence-electron chi connectivity index (χ2n) is 19.4. The maximum atomic E-state index is 2.56. The molecule has 12 aromatic rings. The first kappa shape index (κ1) is 39.5. The number of rotatable bonds is 4. The van der Waals surface area contributed by atoms with Gasteiger partial charge in [-0.3, -0.25) is 0 Å². The molecular formula is C67H44Ge2. The zero-order valence-electron chi connectivity index (χ0n) is 38.2. The van der Waals surface area contributed by atoms with Gasteiger partial charge in [-0.25, -0.2) is 0 Å². The summed E-state index contributed by atoms with van der Waals surface area (Å²) in [5, 5.41) is 7.73. The van der Waals surface area contributed by atoms with Gasteiger partial charge in [-0.2, -0.15) is 0 Å². The monoisotopic (exact) mass is 996 g/mol. The first-order chi connectivity index (χ1) is 34.2. The average molecular weight is 994 g/mol. The predicted molar refractivity (Wildman–Crippen MR) is 300 cm³/mol. The van der Waals surface area contributed by atoms with Gasteiger partial charge >= 0.3 is 377 Å². The van der Waals surface area contributed by atoms with Crippen LogP contribution in [0.2, 0.25) is 0 Å². The molecule has 2 aliphatic carbocycles. The summed E-state index contributed by atoms with van der Waals surface area (Å²) < 4.78 is 4.66. The van der Waals surface area contributed by atoms with E-state index in [0.29, 0.717) is 16.5 Å². The molecule has 69 heavy (non-hydrogen) atoms. The van der Waals surface area contributed by atoms with E-state index in [1.807, 2.05) is 0 Å². The Morgan fingerprint density at radius 3 is 1.58 bits per heavy atom. The Bertz CT molecular complexity index is 4150. The van der Waals surface area contributed by atoms with E-state index in [4.69, 9.17) is 0 Å². The van der Waals surface area contributed by atoms with Crippen LogP contribution in [0.5, 0.6) is 0 Å². The summed E-state index contributed by atoms with van der Waals surface area (Å²) in [6.45, 7) is 0. The van der Waals surface area contributed by atoms with Crippen LogP contribution in [0.3, 0.4) is 0 Å². The Labute approximate surface area is 416 Å². The van der Waals surface area contributed by atoms with Gasteiger partial charge in [0.25, 0.3) is 0 Å². The van der Waals surface area contributed by atoms with Gasteiger partial charge in [0.2, 0.25) is 0 Å². The van der Waals surface area contributed by atoms with E-state index in [9.17, 15) is 0 Å². The molecule has 0 aromatic heterocycles. The summed E-state index contributed by atoms with van der Waals surface area (Å²) in [6, 6.07) is 90.9. The molecule has 0 atom stereocenters. The van der Waals surface area contributed by atoms with Crippen molar-refractivity contribution in [3.05, 3.63) is 259 Å². The summed E-state index contributed by atoms with van der Waals surface area (Å²) in [4.78, 5) is 0. The Morgan fingerprint density at radius 2 is 0.797 bits per heavy atom. The summed E-state index contributed by atoms with van der Waals surface area (Å²) in [7, 11) is 0. The van der Waals surface area contributed by atoms with E-state index in [0.717, 1.165) is 0 Å². The summed E-state index contributed by atoms with van der Waals surface area (Å²) in [5.74, 6) is 0. The van der Waals surface area contributed by atoms with Crippen LogP contribution in [0, 0.1) is 0 Å². The molecular weight excluding hydrogens is 950 g/mol. The Morgan fingerprint density at radius 1 is 0.290 bits per heavy atom. The van der Waals surface area contributed by atoms with Gasteiger partial charge in [0.05, 0.1) is 0 Å². The van der Waals surface area contributed by atoms with Gasteiger partial charge in [0.15, 0.2) is 0 Å². The van der Waals surface area contributed by atoms with Gasteiger partial charge in [-0.15, -0.1) is 0 Å². The van der Waals surface area contributed by atoms with Crippen LogP contribution in [-0.2, 0) is 5.41 Å². The average Bonchev–Trinajstić information content (AvgIpc) is 4.05. The molecule has 320 valence electrons. The quantitative estimate of drug-likeness (QED) is 0.122. The fourth-order valence-corrected chi connectivity index (χ4v) is 19.1. The molecule has 12 aromatic carbocycles. The van der Waals surface area contributed by atoms with Crippen LogP contribution < -0.4 is 13.2 Å². The maximum absolute atomic E-state index is 2.56. The van der Waals surface area contributed by atoms with E-state index >= 15 is 0 Å². The Kier molecular flexibility index (Phi) is 8.59. The van der Waals surface area contributed by atoms with Crippen LogP contribution >= 0.6 is 0 Å². The number of hydrogen-bond donors (Lipinski definition) is 0. The minimum absolute atomic E-state index is 0.472. The van der Waals surface area contributed by atoms with Crippen LogP contribution in [0.15, 0.2) is 237 Å². The van der Waals surface area contributed by atoms with Crippen molar-refractivity contribution in [3.8, 4) is 77.9 Å². The molecule has 0 radical (unpaired) electrons. The summed E-state index contributed by atoms with van der Waals surface area (Å²) in [5.41, 5.74) is 23.7. The molecule has 0 saturated carbocycles. The molecule has 0 fully saturated rings. The fourth-order valence-electron chi connectivity index (χ4n) is 13.3. The Hall–Kier alpha value is -7.49. The van der Waals surface area contributed by atoms with Crippen molar-refractivity contribution in [1.29, 1.82) is 0 Å². The predicted octanol–water partition coefficient (Wildman–Crippen LogP) is 13.2. The molecule has 1 heterocycles. The zero-order valence-corrected chi connectivity index (χ0v) is 45.4. The molecule has 1 spiro atoms. The third-order valence-corrected chi connectivity index (χ3v) is 22.3. The van der Waals surface area contributed by atoms with Crippen molar-refractivity contribution >= 4 is 77.5 Å². The first-order valence-electron chi connectivity index (χ1n) is 24.4. The van der Waals surface area contributed by atoms with Crippen LogP contribution in [0.1, 0.15) is 22.3 Å². The van der Waals surface area contributed by atoms with E-state index in [1.54, 1.807) is 8.79 Å². The van der Waals surface area contributed by atoms with Crippen molar-refractivity contribution in [1.82, 2.24) is 0 Å². The summed E-state index contributed by atoms with van der Waals surface area (Å²) in [6.07, 6.45) is 0. The number of hydrogen-bond acceptors (Lipinski definition) is 0. The standard InChI is InChI=1S/C67H44Ge2/c68-61-34-9-5-19-44(61)42-18-11-17-41(38-42)43-24-12-26-50-55(43)39-56-46(52-28-14-29-53-49-23-6-10-35-62(49)69-66(52)53)25-13-27-51(56)63(50)54-30-15-33-59-65(54)64-45-20-2-1-16-40(45)36-37-60(64)67(59)57-31-7-3-21-47(57)48-22-4-8-32-58(48)67/h1-39H,69H2,68H3. The summed E-state index contributed by atoms with van der Waals surface area (Å²) >= 11 is -0.708. The SMILES string of the molecule is [GeH3][c]1ccccc1-c1cccc(-c2cccc3c(-c4cccc5c4-c4c(ccc6ccccc46)C54c5ccccc5-c5ccccc54)c4cccc(-c5cccc6[c]5[GeH2][c]5ccccc5-6)c4cc23)c1. The van der Waals surface area contributed by atoms with Crippen molar-refractivity contribution in [3.63, 3.8) is 0 Å². The zero-order chi connectivity index (χ0) is 45.4. The fraction of sp³-hybridized carbons (Fsp3) is 0.0149. The van der Waals surface area contributed by atoms with Crippen LogP contribution in [0.25, 0.3) is 110 Å². The van der Waals surface area contributed by atoms with Gasteiger partial charge in [0.1, 0.15) is 0 Å². The molecule has 0 unspecified atom stereocenters. The molecule has 15 rings (SSSR count). The van der Waals surface area contributed by atoms with Crippen molar-refractivity contribution < 1.29 is 0 Å². The number of fused-ring (bicyclic) bond motifs is 17. The Balaban J connectivity index is 1.08. The van der Waals surface area contributed by atoms with E-state index < -0.39 is 20.8 Å². The second kappa shape index (κ2) is 15.0. The van der Waals surface area contributed by atoms with Crippen molar-refractivity contribution in [2.24, 2.45) is 0 Å². The van der Waals surface area contributed by atoms with Crippen LogP contribution in [-0.4, -0.2) is 31.9 Å². The molecule has 2 heteroatoms. The van der Waals surface area contributed by atoms with Gasteiger partial charge in [0, 0.05) is 0 Å². The van der Waals surface area contributed by atoms with E-state index in [2.05, 4.69) is 237 Å². The number of benzene rings is 12. The molecule has 0 bridgehead atoms. The molecule has 3 aliphatic rings. The minimum atomic E-state index is -1.27. The van der Waals surface area contributed by atoms with E-state index in [1.165, 1.54) is 137 Å². The van der Waals surface area contributed by atoms with Gasteiger partial charge in [-0.05, 0) is 0 Å². The molecule has 0 N–H and O–H groups in total. The molecule has 1 aliphatic heterocycles. The van der Waals surface area contributed by atoms with Crippen LogP contribution in [0.4, 0.5) is 0 Å². The first-order valence-corrected chi connectivity index (χ1v) is 29.4. The van der Waals surface area contributed by atoms with Crippen molar-refractivity contribution in [2.45, 2.75) is 5.41 Å². The van der Waals surface area contributed by atoms with Gasteiger partial charge < -0.3 is 0 Å². The van der Waals surface area contributed by atoms with Crippen molar-refractivity contribution in [2.75, 3.05) is 0 Å². The van der Waals surface area contributed by atoms with Gasteiger partial charge in [-0.1, -0.05) is 42.5 Å². The normalized spacial score (nSPS) is 13.7. The molecule has 0 saturated heterocycles. The third kappa shape index (κ3) is 5.47. The van der Waals surface area contributed by atoms with E-state index in [-0.39, 0.29) is 0 Å². The molecule has 0 nitrogen and oxygen atoms in total. The third-order valence-electron chi connectivity index (χ3n) is 16.1. The molecule has 0 amide bonds. The topological polar surface area (TPSA) is 0 Å². The second-order valence-corrected chi connectivity index (χ2v) is 25.5.